The van der Waals surface area contributed by atoms with E-state index in [0.29, 0.717) is 28.2 Å². The van der Waals surface area contributed by atoms with Gasteiger partial charge in [0.25, 0.3) is 11.4 Å². The maximum Gasteiger partial charge on any atom is 0.270 e. The second-order valence-corrected chi connectivity index (χ2v) is 7.04. The first-order valence-corrected chi connectivity index (χ1v) is 9.66. The van der Waals surface area contributed by atoms with Crippen LogP contribution in [0.25, 0.3) is 11.3 Å². The van der Waals surface area contributed by atoms with E-state index in [1.807, 2.05) is 9.95 Å². The molecule has 0 aliphatic heterocycles. The molecule has 0 aliphatic carbocycles. The summed E-state index contributed by atoms with van der Waals surface area (Å²) in [5, 5.41) is 32.4. The van der Waals surface area contributed by atoms with Crippen LogP contribution >= 0.6 is 11.3 Å². The average Bonchev–Trinajstić information content (AvgIpc) is 3.15. The van der Waals surface area contributed by atoms with E-state index in [2.05, 4.69) is 16.8 Å². The van der Waals surface area contributed by atoms with Gasteiger partial charge in [0.05, 0.1) is 21.3 Å². The fourth-order valence-electron chi connectivity index (χ4n) is 2.74. The summed E-state index contributed by atoms with van der Waals surface area (Å²) in [7, 11) is 0. The molecule has 3 aromatic rings. The summed E-state index contributed by atoms with van der Waals surface area (Å²) < 4.78 is 1.85. The summed E-state index contributed by atoms with van der Waals surface area (Å²) in [6, 6.07) is 12.5. The summed E-state index contributed by atoms with van der Waals surface area (Å²) >= 11 is 1.33. The van der Waals surface area contributed by atoms with Gasteiger partial charge in [-0.3, -0.25) is 20.2 Å². The lowest BCUT2D eigenvalue weighted by molar-refractivity contribution is -0.385. The smallest absolute Gasteiger partial charge is 0.270 e. The van der Waals surface area contributed by atoms with Gasteiger partial charge in [0.15, 0.2) is 0 Å². The number of nitro benzene ring substituents is 2. The van der Waals surface area contributed by atoms with E-state index >= 15 is 0 Å². The van der Waals surface area contributed by atoms with Crippen LogP contribution < -0.4 is 4.80 Å². The molecule has 1 aromatic heterocycles. The summed E-state index contributed by atoms with van der Waals surface area (Å²) in [4.78, 5) is 21.7. The van der Waals surface area contributed by atoms with Crippen LogP contribution in [0.1, 0.15) is 12.5 Å². The van der Waals surface area contributed by atoms with Gasteiger partial charge in [0.2, 0.25) is 4.80 Å². The second kappa shape index (κ2) is 9.05. The zero-order valence-corrected chi connectivity index (χ0v) is 16.8. The lowest BCUT2D eigenvalue weighted by Gasteiger charge is -2.06. The van der Waals surface area contributed by atoms with Gasteiger partial charge >= 0.3 is 0 Å². The van der Waals surface area contributed by atoms with E-state index in [1.54, 1.807) is 37.3 Å². The monoisotopic (exact) mass is 423 g/mol. The zero-order valence-electron chi connectivity index (χ0n) is 16.0. The van der Waals surface area contributed by atoms with Crippen LogP contribution in [0.5, 0.6) is 0 Å². The average molecular weight is 423 g/mol. The number of thiazole rings is 1. The molecule has 10 heteroatoms. The summed E-state index contributed by atoms with van der Waals surface area (Å²) in [5.74, 6) is 0. The number of hydrogen-bond acceptors (Lipinski definition) is 7. The van der Waals surface area contributed by atoms with E-state index < -0.39 is 9.85 Å². The highest BCUT2D eigenvalue weighted by molar-refractivity contribution is 7.07. The van der Waals surface area contributed by atoms with Crippen molar-refractivity contribution >= 4 is 28.4 Å². The minimum Gasteiger partial charge on any atom is -0.311 e. The van der Waals surface area contributed by atoms with Crippen molar-refractivity contribution in [3.63, 3.8) is 0 Å². The van der Waals surface area contributed by atoms with Crippen molar-refractivity contribution in [1.82, 2.24) is 4.57 Å². The third-order valence-corrected chi connectivity index (χ3v) is 5.08. The molecular formula is C20H17N5O4S. The van der Waals surface area contributed by atoms with E-state index in [0.717, 1.165) is 5.69 Å². The Kier molecular flexibility index (Phi) is 6.28. The Balaban J connectivity index is 2.03. The largest absolute Gasteiger partial charge is 0.311 e. The SMILES string of the molecule is C=CCn1c(-c2cccc([N+](=O)[O-])c2)cs/c1=N\N=C(\C)c1cccc([N+](=O)[O-])c1. The van der Waals surface area contributed by atoms with Gasteiger partial charge < -0.3 is 4.57 Å². The van der Waals surface area contributed by atoms with Crippen LogP contribution in [-0.4, -0.2) is 20.1 Å². The van der Waals surface area contributed by atoms with Crippen LogP contribution in [0, 0.1) is 20.2 Å². The van der Waals surface area contributed by atoms with Crippen LogP contribution in [-0.2, 0) is 6.54 Å². The lowest BCUT2D eigenvalue weighted by Crippen LogP contribution is -2.15. The Hall–Kier alpha value is -3.92. The van der Waals surface area contributed by atoms with Crippen molar-refractivity contribution in [2.75, 3.05) is 0 Å². The maximum absolute atomic E-state index is 11.1. The third kappa shape index (κ3) is 4.55. The van der Waals surface area contributed by atoms with Crippen molar-refractivity contribution in [3.8, 4) is 11.3 Å². The maximum atomic E-state index is 11.1. The molecule has 0 unspecified atom stereocenters. The third-order valence-electron chi connectivity index (χ3n) is 4.22. The minimum absolute atomic E-state index is 0.00174. The van der Waals surface area contributed by atoms with Gasteiger partial charge in [-0.1, -0.05) is 30.3 Å². The minimum atomic E-state index is -0.462. The first kappa shape index (κ1) is 20.8. The van der Waals surface area contributed by atoms with Crippen molar-refractivity contribution < 1.29 is 9.85 Å². The molecule has 2 aromatic carbocycles. The number of benzene rings is 2. The highest BCUT2D eigenvalue weighted by Gasteiger charge is 2.12. The molecule has 0 spiro atoms. The molecule has 0 bridgehead atoms. The molecule has 1 heterocycles. The van der Waals surface area contributed by atoms with E-state index in [4.69, 9.17) is 0 Å². The van der Waals surface area contributed by atoms with Crippen LogP contribution in [0.2, 0.25) is 0 Å². The van der Waals surface area contributed by atoms with Crippen LogP contribution in [0.3, 0.4) is 0 Å². The second-order valence-electron chi connectivity index (χ2n) is 6.20. The quantitative estimate of drug-likeness (QED) is 0.240. The Labute approximate surface area is 175 Å². The van der Waals surface area contributed by atoms with Gasteiger partial charge in [-0.15, -0.1) is 23.0 Å². The topological polar surface area (TPSA) is 116 Å². The predicted molar refractivity (Wildman–Crippen MR) is 115 cm³/mol. The van der Waals surface area contributed by atoms with Crippen LogP contribution in [0.4, 0.5) is 11.4 Å². The Morgan fingerprint density at radius 2 is 1.80 bits per heavy atom. The number of nitrogens with zero attached hydrogens (tertiary/aromatic N) is 5. The lowest BCUT2D eigenvalue weighted by atomic mass is 10.1. The Morgan fingerprint density at radius 1 is 1.13 bits per heavy atom. The molecule has 9 nitrogen and oxygen atoms in total. The molecular weight excluding hydrogens is 406 g/mol. The van der Waals surface area contributed by atoms with Crippen molar-refractivity contribution in [3.05, 3.63) is 97.2 Å². The standard InChI is InChI=1S/C20H17N5O4S/c1-3-10-23-19(16-7-5-9-18(12-16)25(28)29)13-30-20(23)22-21-14(2)15-6-4-8-17(11-15)24(26)27/h3-9,11-13H,1,10H2,2H3/b21-14-,22-20-. The van der Waals surface area contributed by atoms with Gasteiger partial charge in [-0.05, 0) is 6.92 Å². The summed E-state index contributed by atoms with van der Waals surface area (Å²) in [6.45, 7) is 5.91. The molecule has 0 fully saturated rings. The summed E-state index contributed by atoms with van der Waals surface area (Å²) in [5.41, 5.74) is 2.54. The number of aromatic nitrogens is 1. The zero-order chi connectivity index (χ0) is 21.7. The highest BCUT2D eigenvalue weighted by Crippen LogP contribution is 2.24. The van der Waals surface area contributed by atoms with E-state index in [9.17, 15) is 20.2 Å². The first-order valence-electron chi connectivity index (χ1n) is 8.78. The molecule has 0 aliphatic rings. The Bertz CT molecular complexity index is 1230. The van der Waals surface area contributed by atoms with Crippen molar-refractivity contribution in [1.29, 1.82) is 0 Å². The molecule has 0 amide bonds. The predicted octanol–water partition coefficient (Wildman–Crippen LogP) is 4.54. The molecule has 152 valence electrons. The Morgan fingerprint density at radius 3 is 2.47 bits per heavy atom. The molecule has 0 saturated heterocycles. The van der Waals surface area contributed by atoms with Crippen molar-refractivity contribution in [2.45, 2.75) is 13.5 Å². The van der Waals surface area contributed by atoms with Gasteiger partial charge in [-0.25, -0.2) is 0 Å². The van der Waals surface area contributed by atoms with E-state index in [1.165, 1.54) is 35.6 Å². The molecule has 0 radical (unpaired) electrons. The highest BCUT2D eigenvalue weighted by atomic mass is 32.1. The van der Waals surface area contributed by atoms with Gasteiger partial charge in [0, 0.05) is 47.3 Å². The summed E-state index contributed by atoms with van der Waals surface area (Å²) in [6.07, 6.45) is 1.70. The number of non-ortho nitro benzene ring substituents is 2. The molecule has 30 heavy (non-hydrogen) atoms. The normalized spacial score (nSPS) is 12.0. The molecule has 0 N–H and O–H groups in total. The van der Waals surface area contributed by atoms with E-state index in [-0.39, 0.29) is 11.4 Å². The fourth-order valence-corrected chi connectivity index (χ4v) is 3.61. The molecule has 0 saturated carbocycles. The first-order chi connectivity index (χ1) is 14.4. The number of rotatable bonds is 7. The fraction of sp³-hybridized carbons (Fsp3) is 0.100. The number of allylic oxidation sites excluding steroid dienone is 1. The molecule has 0 atom stereocenters. The van der Waals surface area contributed by atoms with Gasteiger partial charge in [-0.2, -0.15) is 5.10 Å². The number of hydrogen-bond donors (Lipinski definition) is 0. The van der Waals surface area contributed by atoms with Crippen molar-refractivity contribution in [2.24, 2.45) is 10.2 Å². The van der Waals surface area contributed by atoms with Gasteiger partial charge in [0.1, 0.15) is 0 Å². The number of nitro groups is 2. The molecule has 3 rings (SSSR count). The van der Waals surface area contributed by atoms with Crippen LogP contribution in [0.15, 0.2) is 76.8 Å².